The van der Waals surface area contributed by atoms with Gasteiger partial charge >= 0.3 is 17.9 Å². The van der Waals surface area contributed by atoms with Gasteiger partial charge in [-0.05, 0) is 70.7 Å². The van der Waals surface area contributed by atoms with Gasteiger partial charge in [-0.3, -0.25) is 4.79 Å². The second-order valence-electron chi connectivity index (χ2n) is 12.3. The molecule has 0 unspecified atom stereocenters. The van der Waals surface area contributed by atoms with Gasteiger partial charge in [0.05, 0.1) is 22.2 Å². The second kappa shape index (κ2) is 10.4. The lowest BCUT2D eigenvalue weighted by molar-refractivity contribution is -0.327. The lowest BCUT2D eigenvalue weighted by Crippen LogP contribution is -2.79. The number of ether oxygens (including phenoxy) is 4. The molecular weight excluding hydrogens is 524 g/mol. The molecule has 8 heteroatoms. The molecule has 8 nitrogen and oxygen atoms in total. The molecule has 1 saturated heterocycles. The number of carbonyl (C=O) groups is 3. The molecule has 1 spiro atoms. The zero-order chi connectivity index (χ0) is 29.6. The third-order valence-corrected chi connectivity index (χ3v) is 9.40. The molecule has 2 aromatic carbocycles. The van der Waals surface area contributed by atoms with E-state index < -0.39 is 64.4 Å². The van der Waals surface area contributed by atoms with Gasteiger partial charge in [0.25, 0.3) is 0 Å². The van der Waals surface area contributed by atoms with Crippen molar-refractivity contribution in [2.24, 2.45) is 11.3 Å². The van der Waals surface area contributed by atoms with Crippen molar-refractivity contribution in [2.45, 2.75) is 89.0 Å². The van der Waals surface area contributed by atoms with Gasteiger partial charge in [0.2, 0.25) is 0 Å². The summed E-state index contributed by atoms with van der Waals surface area (Å²) in [6.07, 6.45) is 1.31. The number of rotatable bonds is 6. The van der Waals surface area contributed by atoms with Crippen LogP contribution < -0.4 is 0 Å². The Morgan fingerprint density at radius 1 is 0.902 bits per heavy atom. The van der Waals surface area contributed by atoms with Crippen molar-refractivity contribution in [3.05, 3.63) is 77.9 Å². The smallest absolute Gasteiger partial charge is 0.338 e. The fraction of sp³-hybridized carbons (Fsp3) is 0.485. The Morgan fingerprint density at radius 2 is 1.54 bits per heavy atom. The van der Waals surface area contributed by atoms with Crippen molar-refractivity contribution in [1.82, 2.24) is 0 Å². The highest BCUT2D eigenvalue weighted by Gasteiger charge is 2.82. The van der Waals surface area contributed by atoms with Crippen molar-refractivity contribution in [2.75, 3.05) is 0 Å². The van der Waals surface area contributed by atoms with E-state index in [1.54, 1.807) is 37.3 Å². The van der Waals surface area contributed by atoms with Crippen LogP contribution in [0, 0.1) is 11.3 Å². The molecule has 2 saturated carbocycles. The maximum absolute atomic E-state index is 13.4. The highest BCUT2D eigenvalue weighted by molar-refractivity contribution is 5.89. The van der Waals surface area contributed by atoms with Gasteiger partial charge < -0.3 is 24.1 Å². The summed E-state index contributed by atoms with van der Waals surface area (Å²) < 4.78 is 25.1. The molecule has 3 fully saturated rings. The Morgan fingerprint density at radius 3 is 2.17 bits per heavy atom. The molecular formula is C33H38O8. The minimum absolute atomic E-state index is 0.211. The van der Waals surface area contributed by atoms with Crippen LogP contribution >= 0.6 is 0 Å². The zero-order valence-electron chi connectivity index (χ0n) is 24.2. The Kier molecular flexibility index (Phi) is 7.37. The quantitative estimate of drug-likeness (QED) is 0.301. The predicted octanol–water partition coefficient (Wildman–Crippen LogP) is 4.89. The summed E-state index contributed by atoms with van der Waals surface area (Å²) in [4.78, 5) is 39.0. The Balaban J connectivity index is 1.58. The van der Waals surface area contributed by atoms with E-state index >= 15 is 0 Å². The fourth-order valence-electron chi connectivity index (χ4n) is 7.45. The van der Waals surface area contributed by atoms with Gasteiger partial charge in [-0.25, -0.2) is 9.59 Å². The standard InChI is InChI=1S/C33H38O8/c1-21(34)38-28-24-20-26(40-29(36)23-14-10-7-11-15-23)32(5)25(39-27(35)17-16-22-12-8-6-9-13-22)18-19-31(4,37)33(28,32)41-30(24,2)3/h6-17,24-26,28,37H,18-20H2,1-5H3/b17-16+/t24-,25+,26+,28-,31+,32+,33+/m1/s1. The van der Waals surface area contributed by atoms with Crippen LogP contribution in [-0.4, -0.2) is 58.1 Å². The molecule has 2 aliphatic carbocycles. The largest absolute Gasteiger partial charge is 0.459 e. The number of aliphatic hydroxyl groups is 1. The first kappa shape index (κ1) is 29.0. The molecule has 1 N–H and O–H groups in total. The molecule has 5 rings (SSSR count). The summed E-state index contributed by atoms with van der Waals surface area (Å²) in [6.45, 7) is 8.58. The maximum atomic E-state index is 13.4. The Hall–Kier alpha value is -3.49. The van der Waals surface area contributed by atoms with Gasteiger partial charge in [0.15, 0.2) is 0 Å². The summed E-state index contributed by atoms with van der Waals surface area (Å²) in [6, 6.07) is 18.0. The average molecular weight is 563 g/mol. The van der Waals surface area contributed by atoms with Gasteiger partial charge in [-0.1, -0.05) is 48.5 Å². The van der Waals surface area contributed by atoms with E-state index in [0.29, 0.717) is 5.56 Å². The summed E-state index contributed by atoms with van der Waals surface area (Å²) in [7, 11) is 0. The SMILES string of the molecule is CC(=O)O[C@@H]1[C@H]2C[C@H](OC(=O)c3ccccc3)[C@]3(C)[C@@H](OC(=O)/C=C/c4ccccc4)CC[C@](C)(O)[C@@]13OC2(C)C. The lowest BCUT2D eigenvalue weighted by Gasteiger charge is -2.64. The normalized spacial score (nSPS) is 35.4. The van der Waals surface area contributed by atoms with Crippen molar-refractivity contribution >= 4 is 24.0 Å². The minimum Gasteiger partial charge on any atom is -0.459 e. The lowest BCUT2D eigenvalue weighted by atomic mass is 9.47. The molecule has 3 aliphatic rings. The van der Waals surface area contributed by atoms with E-state index in [-0.39, 0.29) is 19.3 Å². The van der Waals surface area contributed by atoms with Gasteiger partial charge in [0.1, 0.15) is 23.9 Å². The maximum Gasteiger partial charge on any atom is 0.338 e. The number of hydrogen-bond donors (Lipinski definition) is 1. The van der Waals surface area contributed by atoms with Crippen molar-refractivity contribution in [1.29, 1.82) is 0 Å². The van der Waals surface area contributed by atoms with Gasteiger partial charge in [-0.2, -0.15) is 0 Å². The Bertz CT molecular complexity index is 1330. The van der Waals surface area contributed by atoms with Crippen LogP contribution in [0.1, 0.15) is 69.8 Å². The number of hydrogen-bond acceptors (Lipinski definition) is 8. The van der Waals surface area contributed by atoms with Crippen molar-refractivity contribution < 1.29 is 38.4 Å². The van der Waals surface area contributed by atoms with E-state index in [4.69, 9.17) is 18.9 Å². The Labute approximate surface area is 240 Å². The number of carbonyl (C=O) groups excluding carboxylic acids is 3. The van der Waals surface area contributed by atoms with Gasteiger partial charge in [-0.15, -0.1) is 0 Å². The average Bonchev–Trinajstić information content (AvgIpc) is 3.11. The summed E-state index contributed by atoms with van der Waals surface area (Å²) in [5, 5.41) is 12.1. The van der Waals surface area contributed by atoms with Gasteiger partial charge in [0, 0.05) is 18.9 Å². The third-order valence-electron chi connectivity index (χ3n) is 9.40. The molecule has 1 aliphatic heterocycles. The molecule has 7 atom stereocenters. The number of benzene rings is 2. The van der Waals surface area contributed by atoms with Crippen LogP contribution in [0.4, 0.5) is 0 Å². The topological polar surface area (TPSA) is 108 Å². The first-order valence-corrected chi connectivity index (χ1v) is 14.1. The summed E-state index contributed by atoms with van der Waals surface area (Å²) >= 11 is 0. The molecule has 2 bridgehead atoms. The molecule has 1 heterocycles. The van der Waals surface area contributed by atoms with Crippen LogP contribution in [-0.2, 0) is 28.5 Å². The van der Waals surface area contributed by atoms with E-state index in [0.717, 1.165) is 5.56 Å². The molecule has 0 radical (unpaired) electrons. The van der Waals surface area contributed by atoms with E-state index in [1.165, 1.54) is 13.0 Å². The molecule has 0 aromatic heterocycles. The minimum atomic E-state index is -1.54. The van der Waals surface area contributed by atoms with Crippen LogP contribution in [0.15, 0.2) is 66.7 Å². The zero-order valence-corrected chi connectivity index (χ0v) is 24.2. The third kappa shape index (κ3) is 4.77. The molecule has 2 aromatic rings. The summed E-state index contributed by atoms with van der Waals surface area (Å²) in [5.74, 6) is -2.02. The van der Waals surface area contributed by atoms with Crippen LogP contribution in [0.3, 0.4) is 0 Å². The van der Waals surface area contributed by atoms with E-state index in [9.17, 15) is 19.5 Å². The molecule has 41 heavy (non-hydrogen) atoms. The predicted molar refractivity (Wildman–Crippen MR) is 151 cm³/mol. The fourth-order valence-corrected chi connectivity index (χ4v) is 7.45. The monoisotopic (exact) mass is 562 g/mol. The first-order chi connectivity index (χ1) is 19.3. The second-order valence-corrected chi connectivity index (χ2v) is 12.3. The van der Waals surface area contributed by atoms with Crippen molar-refractivity contribution in [3.63, 3.8) is 0 Å². The molecule has 0 amide bonds. The van der Waals surface area contributed by atoms with Crippen molar-refractivity contribution in [3.8, 4) is 0 Å². The van der Waals surface area contributed by atoms with Crippen LogP contribution in [0.5, 0.6) is 0 Å². The highest BCUT2D eigenvalue weighted by atomic mass is 16.6. The molecule has 218 valence electrons. The summed E-state index contributed by atoms with van der Waals surface area (Å²) in [5.41, 5.74) is -3.95. The number of esters is 3. The highest BCUT2D eigenvalue weighted by Crippen LogP contribution is 2.68. The first-order valence-electron chi connectivity index (χ1n) is 14.1. The van der Waals surface area contributed by atoms with E-state index in [2.05, 4.69) is 0 Å². The van der Waals surface area contributed by atoms with E-state index in [1.807, 2.05) is 57.2 Å². The van der Waals surface area contributed by atoms with Crippen LogP contribution in [0.25, 0.3) is 6.08 Å². The van der Waals surface area contributed by atoms with Crippen LogP contribution in [0.2, 0.25) is 0 Å². The number of fused-ring (bicyclic) bond motifs is 1.